The highest BCUT2D eigenvalue weighted by atomic mass is 32.2. The molecule has 0 saturated carbocycles. The van der Waals surface area contributed by atoms with Gasteiger partial charge in [0, 0.05) is 25.6 Å². The summed E-state index contributed by atoms with van der Waals surface area (Å²) in [5, 5.41) is 18.8. The minimum Gasteiger partial charge on any atom is -0.444 e. The van der Waals surface area contributed by atoms with E-state index in [1.807, 2.05) is 45.0 Å². The minimum atomic E-state index is -3.87. The first-order valence-corrected chi connectivity index (χ1v) is 18.1. The number of ether oxygens (including phenoxy) is 2. The molecule has 0 spiro atoms. The van der Waals surface area contributed by atoms with Gasteiger partial charge in [0.25, 0.3) is 0 Å². The van der Waals surface area contributed by atoms with Crippen LogP contribution in [-0.4, -0.2) is 80.6 Å². The molecule has 0 radical (unpaired) electrons. The number of benzene rings is 2. The molecule has 2 amide bonds. The van der Waals surface area contributed by atoms with Gasteiger partial charge in [-0.15, -0.1) is 0 Å². The Morgan fingerprint density at radius 3 is 2.30 bits per heavy atom. The predicted octanol–water partition coefficient (Wildman–Crippen LogP) is 3.97. The maximum atomic E-state index is 14.1. The van der Waals surface area contributed by atoms with E-state index >= 15 is 0 Å². The monoisotopic (exact) mass is 681 g/mol. The number of halogens is 2. The highest BCUT2D eigenvalue weighted by Gasteiger charge is 2.35. The zero-order chi connectivity index (χ0) is 34.4. The van der Waals surface area contributed by atoms with Gasteiger partial charge in [-0.1, -0.05) is 57.9 Å². The Morgan fingerprint density at radius 1 is 1.00 bits per heavy atom. The van der Waals surface area contributed by atoms with E-state index < -0.39 is 68.8 Å². The van der Waals surface area contributed by atoms with E-state index in [2.05, 4.69) is 16.0 Å². The van der Waals surface area contributed by atoms with Crippen molar-refractivity contribution in [2.24, 2.45) is 0 Å². The third kappa shape index (κ3) is 12.8. The molecule has 1 unspecified atom stereocenters. The Bertz CT molecular complexity index is 1380. The summed E-state index contributed by atoms with van der Waals surface area (Å²) < 4.78 is 65.8. The van der Waals surface area contributed by atoms with Gasteiger partial charge >= 0.3 is 6.09 Å². The van der Waals surface area contributed by atoms with Gasteiger partial charge in [-0.05, 0) is 54.5 Å². The lowest BCUT2D eigenvalue weighted by Crippen LogP contribution is -2.57. The molecule has 1 aliphatic heterocycles. The van der Waals surface area contributed by atoms with Crippen LogP contribution in [0.25, 0.3) is 0 Å². The molecule has 0 aromatic heterocycles. The Balaban J connectivity index is 1.83. The van der Waals surface area contributed by atoms with Gasteiger partial charge in [-0.2, -0.15) is 0 Å². The molecular formula is C34H49F2N3O7S. The van der Waals surface area contributed by atoms with Crippen LogP contribution in [0.15, 0.2) is 42.5 Å². The maximum Gasteiger partial charge on any atom is 0.408 e. The number of aliphatic hydroxyl groups excluding tert-OH is 1. The molecule has 1 aliphatic rings. The molecule has 0 aliphatic carbocycles. The van der Waals surface area contributed by atoms with Crippen molar-refractivity contribution < 1.29 is 41.4 Å². The zero-order valence-electron chi connectivity index (χ0n) is 27.5. The maximum absolute atomic E-state index is 14.1. The molecule has 47 heavy (non-hydrogen) atoms. The second-order valence-corrected chi connectivity index (χ2v) is 14.4. The van der Waals surface area contributed by atoms with Crippen LogP contribution < -0.4 is 16.0 Å². The van der Waals surface area contributed by atoms with E-state index in [1.165, 1.54) is 0 Å². The standard InChI is InChI=1S/C34H49F2N3O7S/c1-4-8-29(9-5-2)47(43,44)22-31(39-34(42)46-28-12-13-45-21-28)33(41)38-30(17-25-15-26(35)18-27(36)16-25)32(40)20-37-19-24-11-7-10-23(6-3)14-24/h7,10-11,14-16,18,28-32,37,40H,4-6,8-9,12-13,17,19-22H2,1-3H3,(H,38,41)(H,39,42)/t28-,30+,31?,32-/m1/s1. The summed E-state index contributed by atoms with van der Waals surface area (Å²) in [7, 11) is -3.87. The third-order valence-corrected chi connectivity index (χ3v) is 10.4. The van der Waals surface area contributed by atoms with Crippen molar-refractivity contribution in [3.63, 3.8) is 0 Å². The highest BCUT2D eigenvalue weighted by molar-refractivity contribution is 7.92. The average molecular weight is 682 g/mol. The van der Waals surface area contributed by atoms with Crippen molar-refractivity contribution in [1.82, 2.24) is 16.0 Å². The zero-order valence-corrected chi connectivity index (χ0v) is 28.3. The lowest BCUT2D eigenvalue weighted by Gasteiger charge is -2.28. The fourth-order valence-corrected chi connectivity index (χ4v) is 7.81. The van der Waals surface area contributed by atoms with Gasteiger partial charge < -0.3 is 30.5 Å². The molecule has 3 rings (SSSR count). The van der Waals surface area contributed by atoms with Gasteiger partial charge in [-0.3, -0.25) is 4.79 Å². The fourth-order valence-electron chi connectivity index (χ4n) is 5.65. The van der Waals surface area contributed by atoms with Gasteiger partial charge in [0.1, 0.15) is 23.8 Å². The average Bonchev–Trinajstić information content (AvgIpc) is 3.52. The van der Waals surface area contributed by atoms with Crippen LogP contribution in [0, 0.1) is 11.6 Å². The van der Waals surface area contributed by atoms with Crippen LogP contribution in [0.3, 0.4) is 0 Å². The second-order valence-electron chi connectivity index (χ2n) is 12.1. The third-order valence-electron chi connectivity index (χ3n) is 8.15. The number of alkyl carbamates (subject to hydrolysis) is 1. The highest BCUT2D eigenvalue weighted by Crippen LogP contribution is 2.18. The van der Waals surface area contributed by atoms with Gasteiger partial charge in [-0.25, -0.2) is 22.0 Å². The lowest BCUT2D eigenvalue weighted by atomic mass is 10.00. The predicted molar refractivity (Wildman–Crippen MR) is 176 cm³/mol. The molecule has 10 nitrogen and oxygen atoms in total. The molecule has 262 valence electrons. The molecule has 4 N–H and O–H groups in total. The SMILES string of the molecule is CCCC(CCC)S(=O)(=O)CC(NC(=O)O[C@@H]1CCOC1)C(=O)N[C@@H](Cc1cc(F)cc(F)c1)[C@H](O)CNCc1cccc(CC)c1. The van der Waals surface area contributed by atoms with Crippen LogP contribution in [0.2, 0.25) is 0 Å². The smallest absolute Gasteiger partial charge is 0.408 e. The Hall–Kier alpha value is -3.13. The van der Waals surface area contributed by atoms with Crippen LogP contribution in [0.5, 0.6) is 0 Å². The molecular weight excluding hydrogens is 632 g/mol. The number of rotatable bonds is 19. The summed E-state index contributed by atoms with van der Waals surface area (Å²) in [6.45, 7) is 6.79. The Labute approximate surface area is 276 Å². The number of sulfone groups is 1. The number of hydrogen-bond acceptors (Lipinski definition) is 8. The summed E-state index contributed by atoms with van der Waals surface area (Å²) in [6.07, 6.45) is 0.410. The van der Waals surface area contributed by atoms with Crippen LogP contribution in [0.4, 0.5) is 13.6 Å². The van der Waals surface area contributed by atoms with E-state index in [0.29, 0.717) is 51.3 Å². The summed E-state index contributed by atoms with van der Waals surface area (Å²) in [5.74, 6) is -3.22. The van der Waals surface area contributed by atoms with Crippen molar-refractivity contribution in [2.45, 2.75) is 102 Å². The van der Waals surface area contributed by atoms with Gasteiger partial charge in [0.2, 0.25) is 5.91 Å². The van der Waals surface area contributed by atoms with Crippen LogP contribution >= 0.6 is 0 Å². The van der Waals surface area contributed by atoms with E-state index in [0.717, 1.165) is 29.7 Å². The van der Waals surface area contributed by atoms with Crippen molar-refractivity contribution >= 4 is 21.8 Å². The number of amides is 2. The first-order valence-electron chi connectivity index (χ1n) is 16.4. The van der Waals surface area contributed by atoms with E-state index in [-0.39, 0.29) is 25.1 Å². The molecule has 2 aromatic carbocycles. The molecule has 13 heteroatoms. The Morgan fingerprint density at radius 2 is 1.68 bits per heavy atom. The topological polar surface area (TPSA) is 143 Å². The Kier molecular flexibility index (Phi) is 15.5. The number of carbonyl (C=O) groups excluding carboxylic acids is 2. The largest absolute Gasteiger partial charge is 0.444 e. The quantitative estimate of drug-likeness (QED) is 0.175. The summed E-state index contributed by atoms with van der Waals surface area (Å²) >= 11 is 0. The molecule has 1 fully saturated rings. The van der Waals surface area contributed by atoms with Crippen molar-refractivity contribution in [3.05, 3.63) is 70.8 Å². The van der Waals surface area contributed by atoms with E-state index in [4.69, 9.17) is 9.47 Å². The first kappa shape index (κ1) is 38.3. The van der Waals surface area contributed by atoms with Crippen LogP contribution in [-0.2, 0) is 43.5 Å². The minimum absolute atomic E-state index is 0.00567. The molecule has 0 bridgehead atoms. The molecule has 2 aromatic rings. The number of carbonyl (C=O) groups is 2. The number of aliphatic hydroxyl groups is 1. The molecule has 4 atom stereocenters. The van der Waals surface area contributed by atoms with Crippen molar-refractivity contribution in [3.8, 4) is 0 Å². The number of nitrogens with one attached hydrogen (secondary N) is 3. The van der Waals surface area contributed by atoms with E-state index in [1.54, 1.807) is 0 Å². The summed E-state index contributed by atoms with van der Waals surface area (Å²) in [6, 6.07) is 8.16. The number of aryl methyl sites for hydroxylation is 1. The molecule has 1 heterocycles. The molecule has 1 saturated heterocycles. The summed E-state index contributed by atoms with van der Waals surface area (Å²) in [5.41, 5.74) is 2.31. The van der Waals surface area contributed by atoms with E-state index in [9.17, 15) is 31.9 Å². The lowest BCUT2D eigenvalue weighted by molar-refractivity contribution is -0.124. The van der Waals surface area contributed by atoms with Crippen LogP contribution in [0.1, 0.15) is 69.6 Å². The van der Waals surface area contributed by atoms with Crippen molar-refractivity contribution in [2.75, 3.05) is 25.5 Å². The second kappa shape index (κ2) is 19.0. The first-order chi connectivity index (χ1) is 22.4. The van der Waals surface area contributed by atoms with Gasteiger partial charge in [0.15, 0.2) is 9.84 Å². The number of hydrogen-bond donors (Lipinski definition) is 4. The normalized spacial score (nSPS) is 16.9. The van der Waals surface area contributed by atoms with Crippen molar-refractivity contribution in [1.29, 1.82) is 0 Å². The summed E-state index contributed by atoms with van der Waals surface area (Å²) in [4.78, 5) is 26.6. The van der Waals surface area contributed by atoms with Gasteiger partial charge in [0.05, 0.1) is 36.4 Å². The fraction of sp³-hybridized carbons (Fsp3) is 0.588.